The molecule has 2 aliphatic rings. The van der Waals surface area contributed by atoms with Crippen molar-refractivity contribution in [1.29, 1.82) is 0 Å². The van der Waals surface area contributed by atoms with Crippen LogP contribution in [0.5, 0.6) is 5.75 Å². The van der Waals surface area contributed by atoms with Crippen molar-refractivity contribution in [3.63, 3.8) is 0 Å². The maximum atomic E-state index is 10.3. The number of halogens is 3. The van der Waals surface area contributed by atoms with E-state index in [0.29, 0.717) is 17.0 Å². The van der Waals surface area contributed by atoms with E-state index in [9.17, 15) is 5.11 Å². The molecule has 1 aromatic carbocycles. The average Bonchev–Trinajstić information content (AvgIpc) is 2.38. The van der Waals surface area contributed by atoms with Crippen molar-refractivity contribution < 1.29 is 5.11 Å². The van der Waals surface area contributed by atoms with Gasteiger partial charge in [0.05, 0.1) is 5.02 Å². The zero-order valence-electron chi connectivity index (χ0n) is 11.9. The highest BCUT2D eigenvalue weighted by molar-refractivity contribution is 6.32. The molecule has 1 aliphatic heterocycles. The summed E-state index contributed by atoms with van der Waals surface area (Å²) in [5, 5.41) is 14.2. The van der Waals surface area contributed by atoms with Gasteiger partial charge in [-0.25, -0.2) is 0 Å². The number of hydrogen-bond donors (Lipinski definition) is 2. The van der Waals surface area contributed by atoms with Crippen LogP contribution in [0, 0.1) is 5.92 Å². The van der Waals surface area contributed by atoms with E-state index < -0.39 is 0 Å². The molecule has 1 heterocycles. The van der Waals surface area contributed by atoms with Crippen LogP contribution in [0.15, 0.2) is 18.2 Å². The van der Waals surface area contributed by atoms with Gasteiger partial charge in [-0.05, 0) is 24.8 Å². The molecule has 6 heteroatoms. The van der Waals surface area contributed by atoms with Gasteiger partial charge in [-0.3, -0.25) is 4.90 Å². The molecule has 0 spiro atoms. The Hall–Kier alpha value is -0.190. The summed E-state index contributed by atoms with van der Waals surface area (Å²) in [5.74, 6) is 0.946. The third kappa shape index (κ3) is 3.96. The van der Waals surface area contributed by atoms with Crippen LogP contribution in [-0.2, 0) is 0 Å². The summed E-state index contributed by atoms with van der Waals surface area (Å²) < 4.78 is 0. The van der Waals surface area contributed by atoms with E-state index in [-0.39, 0.29) is 30.6 Å². The van der Waals surface area contributed by atoms with Gasteiger partial charge in [0.1, 0.15) is 5.75 Å². The first kappa shape index (κ1) is 18.9. The van der Waals surface area contributed by atoms with E-state index in [4.69, 9.17) is 11.6 Å². The molecular weight excluding hydrogens is 331 g/mol. The fraction of sp³-hybridized carbons (Fsp3) is 0.600. The van der Waals surface area contributed by atoms with Crippen LogP contribution < -0.4 is 5.32 Å². The molecule has 1 saturated carbocycles. The number of benzene rings is 1. The number of rotatable bonds is 3. The molecule has 0 unspecified atom stereocenters. The molecule has 2 N–H and O–H groups in total. The van der Waals surface area contributed by atoms with Crippen molar-refractivity contribution in [1.82, 2.24) is 10.2 Å². The van der Waals surface area contributed by atoms with Crippen molar-refractivity contribution in [3.05, 3.63) is 28.8 Å². The van der Waals surface area contributed by atoms with Crippen LogP contribution in [-0.4, -0.2) is 36.2 Å². The summed E-state index contributed by atoms with van der Waals surface area (Å²) in [4.78, 5) is 2.51. The van der Waals surface area contributed by atoms with Gasteiger partial charge < -0.3 is 10.4 Å². The summed E-state index contributed by atoms with van der Waals surface area (Å²) in [6.45, 7) is 4.16. The number of hydrogen-bond acceptors (Lipinski definition) is 3. The maximum Gasteiger partial charge on any atom is 0.138 e. The summed E-state index contributed by atoms with van der Waals surface area (Å²) in [7, 11) is 0. The van der Waals surface area contributed by atoms with Gasteiger partial charge in [-0.1, -0.05) is 30.2 Å². The highest BCUT2D eigenvalue weighted by Crippen LogP contribution is 2.45. The monoisotopic (exact) mass is 352 g/mol. The Bertz CT molecular complexity index is 449. The van der Waals surface area contributed by atoms with Crippen LogP contribution in [0.25, 0.3) is 0 Å². The predicted octanol–water partition coefficient (Wildman–Crippen LogP) is 3.64. The zero-order chi connectivity index (χ0) is 13.2. The standard InChI is InChI=1S/C15H21ClN2O.2ClH/c16-13-6-2-5-12(15(13)19)14(11-3-1-4-11)18-9-7-17-8-10-18;;/h2,5-6,11,14,17,19H,1,3-4,7-10H2;2*1H/t14-;;/m1../s1. The largest absolute Gasteiger partial charge is 0.506 e. The molecule has 0 amide bonds. The van der Waals surface area contributed by atoms with Crippen molar-refractivity contribution in [2.75, 3.05) is 26.2 Å². The molecule has 1 saturated heterocycles. The minimum absolute atomic E-state index is 0. The van der Waals surface area contributed by atoms with Crippen molar-refractivity contribution >= 4 is 36.4 Å². The van der Waals surface area contributed by atoms with Crippen LogP contribution >= 0.6 is 36.4 Å². The lowest BCUT2D eigenvalue weighted by molar-refractivity contribution is 0.0819. The van der Waals surface area contributed by atoms with Gasteiger partial charge in [0.15, 0.2) is 0 Å². The van der Waals surface area contributed by atoms with E-state index in [1.165, 1.54) is 19.3 Å². The molecule has 3 rings (SSSR count). The van der Waals surface area contributed by atoms with E-state index in [1.54, 1.807) is 6.07 Å². The lowest BCUT2D eigenvalue weighted by Gasteiger charge is -2.43. The van der Waals surface area contributed by atoms with Crippen LogP contribution in [0.4, 0.5) is 0 Å². The molecule has 0 bridgehead atoms. The van der Waals surface area contributed by atoms with Crippen LogP contribution in [0.2, 0.25) is 5.02 Å². The highest BCUT2D eigenvalue weighted by atomic mass is 35.5. The predicted molar refractivity (Wildman–Crippen MR) is 92.1 cm³/mol. The van der Waals surface area contributed by atoms with Gasteiger partial charge in [-0.2, -0.15) is 0 Å². The maximum absolute atomic E-state index is 10.3. The first-order chi connectivity index (χ1) is 9.27. The number of piperazine rings is 1. The van der Waals surface area contributed by atoms with Gasteiger partial charge in [0.2, 0.25) is 0 Å². The topological polar surface area (TPSA) is 35.5 Å². The lowest BCUT2D eigenvalue weighted by atomic mass is 9.76. The smallest absolute Gasteiger partial charge is 0.138 e. The number of nitrogens with one attached hydrogen (secondary N) is 1. The Morgan fingerprint density at radius 2 is 1.86 bits per heavy atom. The van der Waals surface area contributed by atoms with Crippen molar-refractivity contribution in [3.8, 4) is 5.75 Å². The van der Waals surface area contributed by atoms with Gasteiger partial charge in [0.25, 0.3) is 0 Å². The van der Waals surface area contributed by atoms with Gasteiger partial charge in [-0.15, -0.1) is 24.8 Å². The average molecular weight is 354 g/mol. The fourth-order valence-corrected chi connectivity index (χ4v) is 3.42. The molecular formula is C15H23Cl3N2O. The number of aromatic hydroxyl groups is 1. The summed E-state index contributed by atoms with van der Waals surface area (Å²) in [6, 6.07) is 6.07. The quantitative estimate of drug-likeness (QED) is 0.871. The fourth-order valence-electron chi connectivity index (χ4n) is 3.24. The Kier molecular flexibility index (Phi) is 7.58. The second-order valence-corrected chi connectivity index (χ2v) is 6.01. The third-order valence-electron chi connectivity index (χ3n) is 4.48. The molecule has 120 valence electrons. The molecule has 1 atom stereocenters. The Morgan fingerprint density at radius 1 is 1.19 bits per heavy atom. The highest BCUT2D eigenvalue weighted by Gasteiger charge is 2.35. The van der Waals surface area contributed by atoms with E-state index >= 15 is 0 Å². The third-order valence-corrected chi connectivity index (χ3v) is 4.78. The van der Waals surface area contributed by atoms with Crippen molar-refractivity contribution in [2.45, 2.75) is 25.3 Å². The van der Waals surface area contributed by atoms with E-state index in [1.807, 2.05) is 12.1 Å². The SMILES string of the molecule is Cl.Cl.Oc1c(Cl)cccc1[C@@H](C1CCC1)N1CCNCC1. The number of phenols is 1. The Balaban J connectivity index is 0.00000110. The molecule has 0 radical (unpaired) electrons. The molecule has 3 nitrogen and oxygen atoms in total. The normalized spacial score (nSPS) is 20.8. The molecule has 0 aromatic heterocycles. The van der Waals surface area contributed by atoms with Crippen molar-refractivity contribution in [2.24, 2.45) is 5.92 Å². The molecule has 21 heavy (non-hydrogen) atoms. The number of nitrogens with zero attached hydrogens (tertiary/aromatic N) is 1. The van der Waals surface area contributed by atoms with Gasteiger partial charge >= 0.3 is 0 Å². The van der Waals surface area contributed by atoms with Crippen LogP contribution in [0.3, 0.4) is 0 Å². The summed E-state index contributed by atoms with van der Waals surface area (Å²) in [6.07, 6.45) is 3.84. The number of phenolic OH excluding ortho intramolecular Hbond substituents is 1. The number of para-hydroxylation sites is 1. The molecule has 1 aromatic rings. The molecule has 2 fully saturated rings. The lowest BCUT2D eigenvalue weighted by Crippen LogP contribution is -2.47. The first-order valence-corrected chi connectivity index (χ1v) is 7.57. The summed E-state index contributed by atoms with van der Waals surface area (Å²) in [5.41, 5.74) is 1.01. The van der Waals surface area contributed by atoms with E-state index in [0.717, 1.165) is 31.7 Å². The second kappa shape index (κ2) is 8.44. The Morgan fingerprint density at radius 3 is 2.43 bits per heavy atom. The Labute approximate surface area is 143 Å². The van der Waals surface area contributed by atoms with Gasteiger partial charge in [0, 0.05) is 37.8 Å². The zero-order valence-corrected chi connectivity index (χ0v) is 14.3. The molecule has 1 aliphatic carbocycles. The first-order valence-electron chi connectivity index (χ1n) is 7.19. The minimum Gasteiger partial charge on any atom is -0.506 e. The minimum atomic E-state index is 0. The summed E-state index contributed by atoms with van der Waals surface area (Å²) >= 11 is 6.08. The van der Waals surface area contributed by atoms with E-state index in [2.05, 4.69) is 10.2 Å². The second-order valence-electron chi connectivity index (χ2n) is 5.60. The van der Waals surface area contributed by atoms with Crippen LogP contribution in [0.1, 0.15) is 30.9 Å².